The van der Waals surface area contributed by atoms with Gasteiger partial charge in [0, 0.05) is 22.7 Å². The number of nitrogens with two attached hydrogens (primary N) is 2. The minimum atomic E-state index is -0.879. The highest BCUT2D eigenvalue weighted by molar-refractivity contribution is 9.10. The smallest absolute Gasteiger partial charge is 0.405 e. The van der Waals surface area contributed by atoms with Crippen LogP contribution in [0.3, 0.4) is 0 Å². The quantitative estimate of drug-likeness (QED) is 0.445. The van der Waals surface area contributed by atoms with Gasteiger partial charge >= 0.3 is 6.09 Å². The van der Waals surface area contributed by atoms with E-state index in [2.05, 4.69) is 37.5 Å². The molecule has 8 nitrogen and oxygen atoms in total. The van der Waals surface area contributed by atoms with Gasteiger partial charge in [-0.05, 0) is 34.1 Å². The molecule has 146 valence electrons. The lowest BCUT2D eigenvalue weighted by Crippen LogP contribution is -2.25. The number of hydrogen-bond donors (Lipinski definition) is 2. The Morgan fingerprint density at radius 3 is 2.86 bits per heavy atom. The first-order valence-electron chi connectivity index (χ1n) is 8.71. The highest BCUT2D eigenvalue weighted by Crippen LogP contribution is 2.40. The van der Waals surface area contributed by atoms with Crippen molar-refractivity contribution in [2.24, 2.45) is 5.73 Å². The SMILES string of the molecule is C=CC(Cn1c(Br)c(-c2cnc3ccccc3c2)c2c(N)ncnc21)OC(N)=O. The first-order valence-corrected chi connectivity index (χ1v) is 9.51. The maximum Gasteiger partial charge on any atom is 0.405 e. The van der Waals surface area contributed by atoms with Crippen molar-refractivity contribution in [3.05, 3.63) is 60.1 Å². The second-order valence-electron chi connectivity index (χ2n) is 6.36. The number of anilines is 1. The fraction of sp³-hybridized carbons (Fsp3) is 0.100. The standard InChI is InChI=1S/C20H17BrN6O2/c1-2-13(29-20(23)28)9-27-17(21)15(16-18(22)25-10-26-19(16)27)12-7-11-5-3-4-6-14(11)24-8-12/h2-8,10,13H,1,9H2,(H2,23,28)(H2,22,25,26). The molecule has 0 bridgehead atoms. The summed E-state index contributed by atoms with van der Waals surface area (Å²) >= 11 is 3.66. The second kappa shape index (κ2) is 7.51. The molecule has 4 aromatic rings. The van der Waals surface area contributed by atoms with Crippen LogP contribution in [0.15, 0.2) is 60.1 Å². The highest BCUT2D eigenvalue weighted by atomic mass is 79.9. The van der Waals surface area contributed by atoms with Crippen molar-refractivity contribution >= 4 is 49.8 Å². The first-order chi connectivity index (χ1) is 14.0. The van der Waals surface area contributed by atoms with E-state index < -0.39 is 12.2 Å². The molecule has 0 aliphatic heterocycles. The van der Waals surface area contributed by atoms with E-state index in [0.717, 1.165) is 22.0 Å². The lowest BCUT2D eigenvalue weighted by atomic mass is 10.1. The molecule has 9 heteroatoms. The Bertz CT molecular complexity index is 1250. The van der Waals surface area contributed by atoms with Gasteiger partial charge in [-0.3, -0.25) is 4.98 Å². The van der Waals surface area contributed by atoms with Crippen LogP contribution in [0.2, 0.25) is 0 Å². The zero-order chi connectivity index (χ0) is 20.5. The van der Waals surface area contributed by atoms with E-state index in [1.807, 2.05) is 34.9 Å². The van der Waals surface area contributed by atoms with E-state index in [4.69, 9.17) is 16.2 Å². The van der Waals surface area contributed by atoms with Gasteiger partial charge in [-0.2, -0.15) is 0 Å². The molecule has 0 spiro atoms. The zero-order valence-corrected chi connectivity index (χ0v) is 16.8. The van der Waals surface area contributed by atoms with Gasteiger partial charge in [-0.1, -0.05) is 24.8 Å². The van der Waals surface area contributed by atoms with Crippen LogP contribution in [-0.2, 0) is 11.3 Å². The van der Waals surface area contributed by atoms with E-state index in [0.29, 0.717) is 21.5 Å². The lowest BCUT2D eigenvalue weighted by molar-refractivity contribution is 0.121. The van der Waals surface area contributed by atoms with Gasteiger partial charge in [0.25, 0.3) is 0 Å². The number of halogens is 1. The summed E-state index contributed by atoms with van der Waals surface area (Å²) in [5.41, 5.74) is 14.5. The van der Waals surface area contributed by atoms with Gasteiger partial charge in [0.15, 0.2) is 0 Å². The minimum absolute atomic E-state index is 0.251. The molecule has 0 saturated carbocycles. The number of pyridine rings is 1. The predicted molar refractivity (Wildman–Crippen MR) is 115 cm³/mol. The molecule has 0 aliphatic rings. The monoisotopic (exact) mass is 452 g/mol. The summed E-state index contributed by atoms with van der Waals surface area (Å²) in [6.07, 6.45) is 3.16. The summed E-state index contributed by atoms with van der Waals surface area (Å²) in [7, 11) is 0. The average Bonchev–Trinajstić information content (AvgIpc) is 2.99. The van der Waals surface area contributed by atoms with Crippen molar-refractivity contribution in [3.8, 4) is 11.1 Å². The number of nitrogen functional groups attached to an aromatic ring is 1. The number of hydrogen-bond acceptors (Lipinski definition) is 6. The largest absolute Gasteiger partial charge is 0.440 e. The maximum atomic E-state index is 11.2. The Kier molecular flexibility index (Phi) is 4.89. The molecule has 4 N–H and O–H groups in total. The summed E-state index contributed by atoms with van der Waals surface area (Å²) in [4.78, 5) is 24.3. The topological polar surface area (TPSA) is 122 Å². The summed E-state index contributed by atoms with van der Waals surface area (Å²) in [5, 5.41) is 1.67. The average molecular weight is 453 g/mol. The molecule has 0 fully saturated rings. The highest BCUT2D eigenvalue weighted by Gasteiger charge is 2.23. The molecule has 3 heterocycles. The molecule has 0 radical (unpaired) electrons. The van der Waals surface area contributed by atoms with Gasteiger partial charge in [-0.15, -0.1) is 0 Å². The summed E-state index contributed by atoms with van der Waals surface area (Å²) in [6, 6.07) is 9.87. The molecular weight excluding hydrogens is 436 g/mol. The van der Waals surface area contributed by atoms with Gasteiger partial charge in [0.05, 0.1) is 22.1 Å². The predicted octanol–water partition coefficient (Wildman–Crippen LogP) is 3.64. The van der Waals surface area contributed by atoms with E-state index in [-0.39, 0.29) is 6.54 Å². The molecule has 3 aromatic heterocycles. The van der Waals surface area contributed by atoms with Crippen molar-refractivity contribution < 1.29 is 9.53 Å². The van der Waals surface area contributed by atoms with Crippen LogP contribution in [0.4, 0.5) is 10.6 Å². The third kappa shape index (κ3) is 3.40. The molecular formula is C20H17BrN6O2. The lowest BCUT2D eigenvalue weighted by Gasteiger charge is -2.15. The fourth-order valence-electron chi connectivity index (χ4n) is 3.29. The number of amides is 1. The van der Waals surface area contributed by atoms with Crippen LogP contribution >= 0.6 is 15.9 Å². The fourth-order valence-corrected chi connectivity index (χ4v) is 4.03. The van der Waals surface area contributed by atoms with E-state index >= 15 is 0 Å². The summed E-state index contributed by atoms with van der Waals surface area (Å²) < 4.78 is 7.65. The minimum Gasteiger partial charge on any atom is -0.440 e. The third-order valence-corrected chi connectivity index (χ3v) is 5.40. The van der Waals surface area contributed by atoms with Crippen LogP contribution in [-0.4, -0.2) is 31.7 Å². The molecule has 0 saturated heterocycles. The number of ether oxygens (including phenoxy) is 1. The van der Waals surface area contributed by atoms with E-state index in [9.17, 15) is 4.79 Å². The molecule has 4 rings (SSSR count). The normalized spacial score (nSPS) is 12.2. The van der Waals surface area contributed by atoms with Crippen LogP contribution in [0, 0.1) is 0 Å². The van der Waals surface area contributed by atoms with E-state index in [1.54, 1.807) is 6.20 Å². The first kappa shape index (κ1) is 18.9. The number of fused-ring (bicyclic) bond motifs is 2. The Morgan fingerprint density at radius 2 is 2.10 bits per heavy atom. The van der Waals surface area contributed by atoms with Gasteiger partial charge < -0.3 is 20.8 Å². The number of carbonyl (C=O) groups is 1. The van der Waals surface area contributed by atoms with Crippen molar-refractivity contribution in [1.82, 2.24) is 19.5 Å². The van der Waals surface area contributed by atoms with Crippen LogP contribution in [0.5, 0.6) is 0 Å². The van der Waals surface area contributed by atoms with Crippen LogP contribution in [0.1, 0.15) is 0 Å². The Labute approximate surface area is 174 Å². The molecule has 1 aromatic carbocycles. The number of para-hydroxylation sites is 1. The third-order valence-electron chi connectivity index (χ3n) is 4.58. The Hall–Kier alpha value is -3.46. The number of primary amides is 1. The van der Waals surface area contributed by atoms with Gasteiger partial charge in [0.1, 0.15) is 23.9 Å². The van der Waals surface area contributed by atoms with Crippen molar-refractivity contribution in [1.29, 1.82) is 0 Å². The molecule has 0 aliphatic carbocycles. The number of rotatable bonds is 5. The Morgan fingerprint density at radius 1 is 1.31 bits per heavy atom. The number of nitrogens with zero attached hydrogens (tertiary/aromatic N) is 4. The van der Waals surface area contributed by atoms with Gasteiger partial charge in [-0.25, -0.2) is 14.8 Å². The zero-order valence-electron chi connectivity index (χ0n) is 15.2. The second-order valence-corrected chi connectivity index (χ2v) is 7.11. The molecule has 1 amide bonds. The van der Waals surface area contributed by atoms with Crippen molar-refractivity contribution in [2.75, 3.05) is 5.73 Å². The van der Waals surface area contributed by atoms with E-state index in [1.165, 1.54) is 12.4 Å². The number of benzene rings is 1. The van der Waals surface area contributed by atoms with Crippen LogP contribution in [0.25, 0.3) is 33.1 Å². The molecule has 29 heavy (non-hydrogen) atoms. The number of carbonyl (C=O) groups excluding carboxylic acids is 1. The summed E-state index contributed by atoms with van der Waals surface area (Å²) in [6.45, 7) is 3.96. The molecule has 1 unspecified atom stereocenters. The Balaban J connectivity index is 1.93. The van der Waals surface area contributed by atoms with Crippen molar-refractivity contribution in [3.63, 3.8) is 0 Å². The van der Waals surface area contributed by atoms with Crippen molar-refractivity contribution in [2.45, 2.75) is 12.6 Å². The van der Waals surface area contributed by atoms with Crippen LogP contribution < -0.4 is 11.5 Å². The van der Waals surface area contributed by atoms with Gasteiger partial charge in [0.2, 0.25) is 0 Å². The number of aromatic nitrogens is 4. The maximum absolute atomic E-state index is 11.2. The molecule has 1 atom stereocenters. The summed E-state index contributed by atoms with van der Waals surface area (Å²) in [5.74, 6) is 0.337.